The van der Waals surface area contributed by atoms with E-state index in [9.17, 15) is 0 Å². The molecule has 0 bridgehead atoms. The maximum Gasteiger partial charge on any atom is 0.0992 e. The van der Waals surface area contributed by atoms with Gasteiger partial charge in [0, 0.05) is 15.7 Å². The lowest BCUT2D eigenvalue weighted by atomic mass is 9.90. The molecule has 0 radical (unpaired) electrons. The summed E-state index contributed by atoms with van der Waals surface area (Å²) in [5.41, 5.74) is 1.88. The molecule has 0 amide bonds. The maximum atomic E-state index is 8.83. The van der Waals surface area contributed by atoms with Crippen LogP contribution in [-0.2, 0) is 0 Å². The minimum atomic E-state index is 0.141. The van der Waals surface area contributed by atoms with Crippen molar-refractivity contribution in [1.82, 2.24) is 5.32 Å². The largest absolute Gasteiger partial charge is 0.379 e. The van der Waals surface area contributed by atoms with Gasteiger partial charge in [0.15, 0.2) is 0 Å². The Morgan fingerprint density at radius 2 is 2.12 bits per heavy atom. The van der Waals surface area contributed by atoms with Gasteiger partial charge in [0.25, 0.3) is 0 Å². The van der Waals surface area contributed by atoms with Crippen LogP contribution in [0.15, 0.2) is 22.7 Å². The molecule has 0 aliphatic carbocycles. The Hall–Kier alpha value is -1.05. The van der Waals surface area contributed by atoms with Crippen LogP contribution in [0.3, 0.4) is 0 Å². The molecule has 1 aromatic carbocycles. The summed E-state index contributed by atoms with van der Waals surface area (Å²) in [5.74, 6) is 0. The Morgan fingerprint density at radius 1 is 1.41 bits per heavy atom. The van der Waals surface area contributed by atoms with Crippen molar-refractivity contribution >= 4 is 21.6 Å². The summed E-state index contributed by atoms with van der Waals surface area (Å²) in [7, 11) is 0. The van der Waals surface area contributed by atoms with Crippen LogP contribution in [0.1, 0.15) is 25.3 Å². The molecule has 0 saturated carbocycles. The first kappa shape index (κ1) is 12.4. The van der Waals surface area contributed by atoms with E-state index in [4.69, 9.17) is 5.26 Å². The summed E-state index contributed by atoms with van der Waals surface area (Å²) < 4.78 is 0.955. The number of nitrogens with zero attached hydrogens (tertiary/aromatic N) is 1. The minimum Gasteiger partial charge on any atom is -0.379 e. The molecule has 4 heteroatoms. The molecule has 1 fully saturated rings. The molecule has 1 aliphatic heterocycles. The van der Waals surface area contributed by atoms with Gasteiger partial charge < -0.3 is 10.6 Å². The highest BCUT2D eigenvalue weighted by Crippen LogP contribution is 2.29. The van der Waals surface area contributed by atoms with Crippen molar-refractivity contribution in [3.8, 4) is 6.07 Å². The zero-order valence-electron chi connectivity index (χ0n) is 9.89. The first-order chi connectivity index (χ1) is 8.13. The van der Waals surface area contributed by atoms with Crippen molar-refractivity contribution in [2.75, 3.05) is 18.4 Å². The van der Waals surface area contributed by atoms with E-state index in [1.165, 1.54) is 0 Å². The van der Waals surface area contributed by atoms with Gasteiger partial charge in [-0.2, -0.15) is 5.26 Å². The monoisotopic (exact) mass is 293 g/mol. The number of hydrogen-bond acceptors (Lipinski definition) is 3. The van der Waals surface area contributed by atoms with Crippen LogP contribution < -0.4 is 10.6 Å². The lowest BCUT2D eigenvalue weighted by molar-refractivity contribution is 0.365. The van der Waals surface area contributed by atoms with E-state index in [0.717, 1.165) is 36.1 Å². The molecule has 2 N–H and O–H groups in total. The smallest absolute Gasteiger partial charge is 0.0992 e. The van der Waals surface area contributed by atoms with Crippen LogP contribution in [0.4, 0.5) is 5.69 Å². The predicted octanol–water partition coefficient (Wildman–Crippen LogP) is 2.87. The first-order valence-corrected chi connectivity index (χ1v) is 6.61. The van der Waals surface area contributed by atoms with Crippen LogP contribution >= 0.6 is 15.9 Å². The number of rotatable bonds is 2. The molecule has 0 aromatic heterocycles. The van der Waals surface area contributed by atoms with E-state index >= 15 is 0 Å². The van der Waals surface area contributed by atoms with Gasteiger partial charge in [0.1, 0.15) is 0 Å². The van der Waals surface area contributed by atoms with E-state index in [0.29, 0.717) is 5.56 Å². The van der Waals surface area contributed by atoms with Crippen LogP contribution in [0.5, 0.6) is 0 Å². The summed E-state index contributed by atoms with van der Waals surface area (Å²) in [5, 5.41) is 15.8. The number of hydrogen-bond donors (Lipinski definition) is 2. The molecule has 1 saturated heterocycles. The highest BCUT2D eigenvalue weighted by atomic mass is 79.9. The molecule has 90 valence electrons. The van der Waals surface area contributed by atoms with Crippen molar-refractivity contribution < 1.29 is 0 Å². The lowest BCUT2D eigenvalue weighted by Crippen LogP contribution is -2.45. The molecule has 0 spiro atoms. The Labute approximate surface area is 110 Å². The van der Waals surface area contributed by atoms with E-state index in [-0.39, 0.29) is 5.54 Å². The van der Waals surface area contributed by atoms with Crippen molar-refractivity contribution in [3.63, 3.8) is 0 Å². The molecule has 1 aliphatic rings. The van der Waals surface area contributed by atoms with E-state index in [2.05, 4.69) is 39.6 Å². The summed E-state index contributed by atoms with van der Waals surface area (Å²) in [4.78, 5) is 0. The van der Waals surface area contributed by atoms with Gasteiger partial charge >= 0.3 is 0 Å². The fourth-order valence-electron chi connectivity index (χ4n) is 2.11. The fourth-order valence-corrected chi connectivity index (χ4v) is 2.59. The number of nitriles is 1. The van der Waals surface area contributed by atoms with Gasteiger partial charge in [-0.1, -0.05) is 0 Å². The standard InChI is InChI=1S/C13H16BrN3/c1-13(4-6-16-7-5-13)17-12-3-2-10(9-15)8-11(12)14/h2-3,8,16-17H,4-7H2,1H3. The molecule has 0 atom stereocenters. The summed E-state index contributed by atoms with van der Waals surface area (Å²) >= 11 is 3.51. The van der Waals surface area contributed by atoms with Gasteiger partial charge in [0.05, 0.1) is 11.6 Å². The van der Waals surface area contributed by atoms with Gasteiger partial charge in [-0.05, 0) is 67.0 Å². The van der Waals surface area contributed by atoms with Crippen molar-refractivity contribution in [2.45, 2.75) is 25.3 Å². The van der Waals surface area contributed by atoms with Crippen LogP contribution in [0, 0.1) is 11.3 Å². The quantitative estimate of drug-likeness (QED) is 0.881. The van der Waals surface area contributed by atoms with Crippen LogP contribution in [0.25, 0.3) is 0 Å². The second-order valence-electron chi connectivity index (χ2n) is 4.74. The second kappa shape index (κ2) is 5.07. The van der Waals surface area contributed by atoms with Gasteiger partial charge in [-0.15, -0.1) is 0 Å². The maximum absolute atomic E-state index is 8.83. The summed E-state index contributed by atoms with van der Waals surface area (Å²) in [6, 6.07) is 7.81. The Kier molecular flexibility index (Phi) is 3.70. The van der Waals surface area contributed by atoms with E-state index < -0.39 is 0 Å². The zero-order chi connectivity index (χ0) is 12.3. The first-order valence-electron chi connectivity index (χ1n) is 5.81. The van der Waals surface area contributed by atoms with Gasteiger partial charge in [-0.25, -0.2) is 0 Å². The number of halogens is 1. The zero-order valence-corrected chi connectivity index (χ0v) is 11.5. The number of nitrogens with one attached hydrogen (secondary N) is 2. The van der Waals surface area contributed by atoms with Gasteiger partial charge in [0.2, 0.25) is 0 Å². The minimum absolute atomic E-state index is 0.141. The third-order valence-corrected chi connectivity index (χ3v) is 3.90. The molecule has 3 nitrogen and oxygen atoms in total. The summed E-state index contributed by atoms with van der Waals surface area (Å²) in [6.07, 6.45) is 2.22. The molecule has 1 aromatic rings. The Morgan fingerprint density at radius 3 is 2.71 bits per heavy atom. The number of benzene rings is 1. The number of anilines is 1. The SMILES string of the molecule is CC1(Nc2ccc(C#N)cc2Br)CCNCC1. The third kappa shape index (κ3) is 2.99. The average molecular weight is 294 g/mol. The topological polar surface area (TPSA) is 47.9 Å². The van der Waals surface area contributed by atoms with E-state index in [1.807, 2.05) is 18.2 Å². The van der Waals surface area contributed by atoms with Gasteiger partial charge in [-0.3, -0.25) is 0 Å². The molecular weight excluding hydrogens is 278 g/mol. The van der Waals surface area contributed by atoms with Crippen molar-refractivity contribution in [2.24, 2.45) is 0 Å². The second-order valence-corrected chi connectivity index (χ2v) is 5.60. The predicted molar refractivity (Wildman–Crippen MR) is 73.0 cm³/mol. The van der Waals surface area contributed by atoms with Crippen LogP contribution in [-0.4, -0.2) is 18.6 Å². The molecule has 17 heavy (non-hydrogen) atoms. The lowest BCUT2D eigenvalue weighted by Gasteiger charge is -2.36. The Balaban J connectivity index is 2.15. The summed E-state index contributed by atoms with van der Waals surface area (Å²) in [6.45, 7) is 4.35. The van der Waals surface area contributed by atoms with Crippen LogP contribution in [0.2, 0.25) is 0 Å². The van der Waals surface area contributed by atoms with Crippen molar-refractivity contribution in [1.29, 1.82) is 5.26 Å². The Bertz CT molecular complexity index is 444. The normalized spacial score (nSPS) is 18.4. The van der Waals surface area contributed by atoms with E-state index in [1.54, 1.807) is 0 Å². The molecule has 0 unspecified atom stereocenters. The molecule has 2 rings (SSSR count). The average Bonchev–Trinajstić information content (AvgIpc) is 2.32. The molecular formula is C13H16BrN3. The third-order valence-electron chi connectivity index (χ3n) is 3.24. The fraction of sp³-hybridized carbons (Fsp3) is 0.462. The number of piperidine rings is 1. The molecule has 1 heterocycles. The highest BCUT2D eigenvalue weighted by molar-refractivity contribution is 9.10. The highest BCUT2D eigenvalue weighted by Gasteiger charge is 2.26. The van der Waals surface area contributed by atoms with Crippen molar-refractivity contribution in [3.05, 3.63) is 28.2 Å².